The molecule has 3 aliphatic rings. The number of fused-ring (bicyclic) bond motifs is 2. The molecule has 1 aromatic heterocycles. The fraction of sp³-hybridized carbons (Fsp3) is 0.517. The van der Waals surface area contributed by atoms with Gasteiger partial charge in [0.05, 0.1) is 25.0 Å². The van der Waals surface area contributed by atoms with Gasteiger partial charge < -0.3 is 24.2 Å². The van der Waals surface area contributed by atoms with Crippen molar-refractivity contribution >= 4 is 22.3 Å². The Hall–Kier alpha value is -3.13. The topological polar surface area (TPSA) is 54.0 Å². The van der Waals surface area contributed by atoms with Crippen LogP contribution in [0.4, 0.5) is 15.9 Å². The Balaban J connectivity index is 1.36. The largest absolute Gasteiger partial charge is 0.494 e. The van der Waals surface area contributed by atoms with Crippen LogP contribution in [-0.4, -0.2) is 67.9 Å². The summed E-state index contributed by atoms with van der Waals surface area (Å²) in [5, 5.41) is 1.85. The molecule has 2 aromatic carbocycles. The molecule has 0 amide bonds. The summed E-state index contributed by atoms with van der Waals surface area (Å²) in [4.78, 5) is 16.7. The molecular weight excluding hydrogens is 469 g/mol. The Morgan fingerprint density at radius 2 is 1.84 bits per heavy atom. The van der Waals surface area contributed by atoms with Crippen LogP contribution in [0.15, 0.2) is 30.3 Å². The number of ether oxygens (including phenoxy) is 2. The van der Waals surface area contributed by atoms with Crippen LogP contribution in [0.5, 0.6) is 11.8 Å². The van der Waals surface area contributed by atoms with Crippen LogP contribution < -0.4 is 19.3 Å². The molecule has 4 heterocycles. The van der Waals surface area contributed by atoms with Gasteiger partial charge >= 0.3 is 6.01 Å². The maximum absolute atomic E-state index is 15.7. The highest BCUT2D eigenvalue weighted by molar-refractivity contribution is 5.96. The Bertz CT molecular complexity index is 1280. The van der Waals surface area contributed by atoms with Crippen LogP contribution in [0.3, 0.4) is 0 Å². The quantitative estimate of drug-likeness (QED) is 0.477. The van der Waals surface area contributed by atoms with E-state index in [1.54, 1.807) is 6.07 Å². The van der Waals surface area contributed by atoms with Gasteiger partial charge in [-0.3, -0.25) is 0 Å². The van der Waals surface area contributed by atoms with Crippen LogP contribution in [0.2, 0.25) is 0 Å². The third kappa shape index (κ3) is 4.67. The zero-order valence-corrected chi connectivity index (χ0v) is 21.9. The summed E-state index contributed by atoms with van der Waals surface area (Å²) in [7, 11) is 3.67. The van der Waals surface area contributed by atoms with Gasteiger partial charge in [0.15, 0.2) is 11.6 Å². The van der Waals surface area contributed by atoms with Gasteiger partial charge in [0.2, 0.25) is 0 Å². The number of halogens is 1. The Morgan fingerprint density at radius 3 is 2.62 bits per heavy atom. The van der Waals surface area contributed by atoms with E-state index in [1.807, 2.05) is 24.3 Å². The average Bonchev–Trinajstić information content (AvgIpc) is 3.35. The van der Waals surface area contributed by atoms with Gasteiger partial charge in [-0.05, 0) is 63.6 Å². The summed E-state index contributed by atoms with van der Waals surface area (Å²) in [5.74, 6) is 0.951. The predicted molar refractivity (Wildman–Crippen MR) is 144 cm³/mol. The molecule has 1 atom stereocenters. The highest BCUT2D eigenvalue weighted by Gasteiger charge is 2.30. The van der Waals surface area contributed by atoms with Gasteiger partial charge in [0.25, 0.3) is 0 Å². The molecule has 0 bridgehead atoms. The van der Waals surface area contributed by atoms with Crippen LogP contribution >= 0.6 is 0 Å². The Morgan fingerprint density at radius 1 is 1.00 bits per heavy atom. The zero-order chi connectivity index (χ0) is 25.4. The summed E-state index contributed by atoms with van der Waals surface area (Å²) < 4.78 is 27.3. The Kier molecular flexibility index (Phi) is 6.76. The molecule has 0 unspecified atom stereocenters. The highest BCUT2D eigenvalue weighted by atomic mass is 19.1. The van der Waals surface area contributed by atoms with Gasteiger partial charge in [0, 0.05) is 36.6 Å². The fourth-order valence-electron chi connectivity index (χ4n) is 6.11. The van der Waals surface area contributed by atoms with Gasteiger partial charge in [-0.2, -0.15) is 9.97 Å². The van der Waals surface area contributed by atoms with Crippen molar-refractivity contribution in [3.05, 3.63) is 47.4 Å². The number of nitrogens with zero attached hydrogens (tertiary/aromatic N) is 5. The lowest BCUT2D eigenvalue weighted by Crippen LogP contribution is -2.37. The predicted octanol–water partition coefficient (Wildman–Crippen LogP) is 4.80. The second-order valence-corrected chi connectivity index (χ2v) is 10.5. The molecule has 0 spiro atoms. The van der Waals surface area contributed by atoms with Crippen molar-refractivity contribution in [3.63, 3.8) is 0 Å². The molecule has 0 aliphatic carbocycles. The third-order valence-corrected chi connectivity index (χ3v) is 8.22. The van der Waals surface area contributed by atoms with Crippen molar-refractivity contribution in [2.75, 3.05) is 56.7 Å². The standard InChI is InChI=1S/C29H36FN5O2/c1-33-13-8-10-21(33)19-37-29-31-24-18-35(16-12-23(24)28(32-29)34-14-6-3-7-15-34)27-22-11-5-4-9-20(22)17-25(36-2)26(27)30/h4-5,9,11,17,21H,3,6-8,10,12-16,18-19H2,1-2H3/t21-/m0/s1. The normalized spacial score (nSPS) is 20.4. The lowest BCUT2D eigenvalue weighted by molar-refractivity contribution is 0.187. The first-order chi connectivity index (χ1) is 18.1. The zero-order valence-electron chi connectivity index (χ0n) is 21.9. The molecule has 6 rings (SSSR count). The molecular formula is C29H36FN5O2. The number of hydrogen-bond donors (Lipinski definition) is 0. The number of hydrogen-bond acceptors (Lipinski definition) is 7. The van der Waals surface area contributed by atoms with Crippen LogP contribution in [0, 0.1) is 5.82 Å². The monoisotopic (exact) mass is 505 g/mol. The van der Waals surface area contributed by atoms with Crippen molar-refractivity contribution in [3.8, 4) is 11.8 Å². The van der Waals surface area contributed by atoms with E-state index in [2.05, 4.69) is 21.7 Å². The smallest absolute Gasteiger partial charge is 0.318 e. The van der Waals surface area contributed by atoms with E-state index in [9.17, 15) is 0 Å². The van der Waals surface area contributed by atoms with E-state index in [-0.39, 0.29) is 11.6 Å². The average molecular weight is 506 g/mol. The SMILES string of the molecule is COc1cc2ccccc2c(N2CCc3c(nc(OC[C@@H]4CCCN4C)nc3N3CCCCC3)C2)c1F. The minimum absolute atomic E-state index is 0.265. The molecule has 196 valence electrons. The van der Waals surface area contributed by atoms with Crippen LogP contribution in [-0.2, 0) is 13.0 Å². The summed E-state index contributed by atoms with van der Waals surface area (Å²) in [6.07, 6.45) is 6.71. The summed E-state index contributed by atoms with van der Waals surface area (Å²) in [6, 6.07) is 10.5. The van der Waals surface area contributed by atoms with E-state index in [0.717, 1.165) is 54.8 Å². The highest BCUT2D eigenvalue weighted by Crippen LogP contribution is 2.39. The van der Waals surface area contributed by atoms with Gasteiger partial charge in [-0.1, -0.05) is 24.3 Å². The first-order valence-electron chi connectivity index (χ1n) is 13.6. The third-order valence-electron chi connectivity index (χ3n) is 8.22. The maximum Gasteiger partial charge on any atom is 0.318 e. The van der Waals surface area contributed by atoms with Crippen molar-refractivity contribution in [2.45, 2.75) is 51.1 Å². The van der Waals surface area contributed by atoms with Crippen LogP contribution in [0.1, 0.15) is 43.4 Å². The van der Waals surface area contributed by atoms with Crippen molar-refractivity contribution in [1.82, 2.24) is 14.9 Å². The molecule has 7 nitrogen and oxygen atoms in total. The second-order valence-electron chi connectivity index (χ2n) is 10.5. The molecule has 2 fully saturated rings. The summed E-state index contributed by atoms with van der Waals surface area (Å²) >= 11 is 0. The molecule has 8 heteroatoms. The number of likely N-dealkylation sites (tertiary alicyclic amines) is 1. The minimum Gasteiger partial charge on any atom is -0.494 e. The van der Waals surface area contributed by atoms with E-state index >= 15 is 4.39 Å². The van der Waals surface area contributed by atoms with E-state index < -0.39 is 0 Å². The number of piperidine rings is 1. The number of benzene rings is 2. The first kappa shape index (κ1) is 24.2. The van der Waals surface area contributed by atoms with E-state index in [4.69, 9.17) is 19.4 Å². The van der Waals surface area contributed by atoms with Crippen LogP contribution in [0.25, 0.3) is 10.8 Å². The molecule has 3 aromatic rings. The molecule has 0 radical (unpaired) electrons. The van der Waals surface area contributed by atoms with Crippen molar-refractivity contribution in [1.29, 1.82) is 0 Å². The van der Waals surface area contributed by atoms with E-state index in [1.165, 1.54) is 38.4 Å². The molecule has 0 saturated carbocycles. The fourth-order valence-corrected chi connectivity index (χ4v) is 6.11. The van der Waals surface area contributed by atoms with Crippen molar-refractivity contribution in [2.24, 2.45) is 0 Å². The second kappa shape index (κ2) is 10.3. The number of methoxy groups -OCH3 is 1. The lowest BCUT2D eigenvalue weighted by atomic mass is 10.0. The van der Waals surface area contributed by atoms with Gasteiger partial charge in [0.1, 0.15) is 12.4 Å². The molecule has 0 N–H and O–H groups in total. The Labute approximate surface area is 218 Å². The molecule has 37 heavy (non-hydrogen) atoms. The van der Waals surface area contributed by atoms with E-state index in [0.29, 0.717) is 37.4 Å². The maximum atomic E-state index is 15.7. The number of anilines is 2. The molecule has 3 aliphatic heterocycles. The lowest BCUT2D eigenvalue weighted by Gasteiger charge is -2.35. The summed E-state index contributed by atoms with van der Waals surface area (Å²) in [6.45, 7) is 4.91. The number of likely N-dealkylation sites (N-methyl/N-ethyl adjacent to an activating group) is 1. The first-order valence-corrected chi connectivity index (χ1v) is 13.6. The van der Waals surface area contributed by atoms with Gasteiger partial charge in [-0.15, -0.1) is 0 Å². The minimum atomic E-state index is -0.323. The molecule has 2 saturated heterocycles. The number of aromatic nitrogens is 2. The number of rotatable bonds is 6. The summed E-state index contributed by atoms with van der Waals surface area (Å²) in [5.41, 5.74) is 2.69. The van der Waals surface area contributed by atoms with Gasteiger partial charge in [-0.25, -0.2) is 4.39 Å². The van der Waals surface area contributed by atoms with Crippen molar-refractivity contribution < 1.29 is 13.9 Å².